The molecule has 128 valence electrons. The molecule has 6 nitrogen and oxygen atoms in total. The lowest BCUT2D eigenvalue weighted by Gasteiger charge is -2.17. The van der Waals surface area contributed by atoms with Crippen LogP contribution >= 0.6 is 0 Å². The Morgan fingerprint density at radius 2 is 2.26 bits per heavy atom. The second-order valence-corrected chi connectivity index (χ2v) is 6.06. The molecule has 1 aliphatic heterocycles. The summed E-state index contributed by atoms with van der Waals surface area (Å²) in [6.45, 7) is 4.45. The Morgan fingerprint density at radius 1 is 1.48 bits per heavy atom. The molecule has 1 heterocycles. The third-order valence-corrected chi connectivity index (χ3v) is 3.75. The van der Waals surface area contributed by atoms with Crippen LogP contribution in [-0.4, -0.2) is 42.4 Å². The zero-order valence-corrected chi connectivity index (χ0v) is 13.7. The van der Waals surface area contributed by atoms with Crippen molar-refractivity contribution in [1.29, 1.82) is 0 Å². The maximum Gasteiger partial charge on any atom is 0.249 e. The molecule has 1 aliphatic rings. The minimum Gasteiger partial charge on any atom is -0.491 e. The highest BCUT2D eigenvalue weighted by Crippen LogP contribution is 2.21. The van der Waals surface area contributed by atoms with E-state index < -0.39 is 12.2 Å². The van der Waals surface area contributed by atoms with Crippen molar-refractivity contribution in [3.05, 3.63) is 29.8 Å². The summed E-state index contributed by atoms with van der Waals surface area (Å²) in [7, 11) is 0. The second-order valence-electron chi connectivity index (χ2n) is 6.06. The summed E-state index contributed by atoms with van der Waals surface area (Å²) in [5.41, 5.74) is 6.24. The van der Waals surface area contributed by atoms with E-state index in [1.165, 1.54) is 0 Å². The van der Waals surface area contributed by atoms with Crippen LogP contribution in [0.1, 0.15) is 38.4 Å². The van der Waals surface area contributed by atoms with Gasteiger partial charge in [0.15, 0.2) is 0 Å². The molecule has 0 bridgehead atoms. The predicted octanol–water partition coefficient (Wildman–Crippen LogP) is 1.13. The highest BCUT2D eigenvalue weighted by molar-refractivity contribution is 5.81. The van der Waals surface area contributed by atoms with Gasteiger partial charge in [-0.2, -0.15) is 0 Å². The van der Waals surface area contributed by atoms with Gasteiger partial charge in [-0.25, -0.2) is 0 Å². The van der Waals surface area contributed by atoms with E-state index in [1.807, 2.05) is 26.0 Å². The molecule has 1 fully saturated rings. The normalized spacial score (nSPS) is 22.1. The van der Waals surface area contributed by atoms with Gasteiger partial charge in [-0.05, 0) is 44.4 Å². The molecule has 0 radical (unpaired) electrons. The molecule has 1 saturated heterocycles. The first-order valence-electron chi connectivity index (χ1n) is 8.07. The van der Waals surface area contributed by atoms with Crippen molar-refractivity contribution < 1.29 is 19.4 Å². The van der Waals surface area contributed by atoms with Gasteiger partial charge >= 0.3 is 0 Å². The molecular weight excluding hydrogens is 296 g/mol. The van der Waals surface area contributed by atoms with Gasteiger partial charge < -0.3 is 25.6 Å². The maximum absolute atomic E-state index is 12.0. The lowest BCUT2D eigenvalue weighted by Crippen LogP contribution is -2.37. The van der Waals surface area contributed by atoms with E-state index in [-0.39, 0.29) is 24.7 Å². The lowest BCUT2D eigenvalue weighted by atomic mass is 10.1. The number of benzene rings is 1. The van der Waals surface area contributed by atoms with Crippen LogP contribution in [0.15, 0.2) is 24.3 Å². The molecule has 2 rings (SSSR count). The monoisotopic (exact) mass is 322 g/mol. The highest BCUT2D eigenvalue weighted by Gasteiger charge is 2.29. The fourth-order valence-electron chi connectivity index (χ4n) is 2.57. The Kier molecular flexibility index (Phi) is 6.38. The Morgan fingerprint density at radius 3 is 2.91 bits per heavy atom. The van der Waals surface area contributed by atoms with E-state index in [9.17, 15) is 9.90 Å². The number of hydrogen-bond donors (Lipinski definition) is 3. The van der Waals surface area contributed by atoms with Gasteiger partial charge in [0.05, 0.1) is 18.3 Å². The minimum absolute atomic E-state index is 0.0412. The van der Waals surface area contributed by atoms with Crippen molar-refractivity contribution in [2.24, 2.45) is 5.73 Å². The van der Waals surface area contributed by atoms with E-state index in [1.54, 1.807) is 12.1 Å². The van der Waals surface area contributed by atoms with E-state index in [4.69, 9.17) is 15.2 Å². The molecule has 1 amide bonds. The van der Waals surface area contributed by atoms with Crippen LogP contribution < -0.4 is 15.8 Å². The summed E-state index contributed by atoms with van der Waals surface area (Å²) in [6, 6.07) is 7.26. The van der Waals surface area contributed by atoms with E-state index in [0.717, 1.165) is 6.42 Å². The van der Waals surface area contributed by atoms with Gasteiger partial charge in [0.1, 0.15) is 11.9 Å². The Hall–Kier alpha value is -1.63. The number of amides is 1. The zero-order valence-electron chi connectivity index (χ0n) is 13.7. The van der Waals surface area contributed by atoms with Crippen molar-refractivity contribution in [3.63, 3.8) is 0 Å². The summed E-state index contributed by atoms with van der Waals surface area (Å²) in [4.78, 5) is 12.0. The maximum atomic E-state index is 12.0. The number of ether oxygens (including phenoxy) is 2. The summed E-state index contributed by atoms with van der Waals surface area (Å²) in [5.74, 6) is 0.502. The number of carbonyl (C=O) groups is 1. The summed E-state index contributed by atoms with van der Waals surface area (Å²) in [5, 5.41) is 13.0. The Balaban J connectivity index is 1.84. The van der Waals surface area contributed by atoms with Crippen LogP contribution in [0.2, 0.25) is 0 Å². The smallest absolute Gasteiger partial charge is 0.249 e. The number of aliphatic hydroxyl groups is 1. The fraction of sp³-hybridized carbons (Fsp3) is 0.588. The molecule has 1 unspecified atom stereocenters. The molecule has 0 aromatic heterocycles. The van der Waals surface area contributed by atoms with Crippen LogP contribution in [0.4, 0.5) is 0 Å². The SMILES string of the molecule is CC(C)Oc1cccc(C(O)CNC(=O)[C@@H]2CC[C@H](CN)O2)c1. The third-order valence-electron chi connectivity index (χ3n) is 3.75. The van der Waals surface area contributed by atoms with Crippen LogP contribution in [0.25, 0.3) is 0 Å². The van der Waals surface area contributed by atoms with Gasteiger partial charge in [-0.1, -0.05) is 12.1 Å². The number of carbonyl (C=O) groups excluding carboxylic acids is 1. The van der Waals surface area contributed by atoms with Crippen molar-refractivity contribution in [1.82, 2.24) is 5.32 Å². The topological polar surface area (TPSA) is 93.8 Å². The van der Waals surface area contributed by atoms with E-state index in [2.05, 4.69) is 5.32 Å². The molecule has 23 heavy (non-hydrogen) atoms. The first kappa shape index (κ1) is 17.7. The number of rotatable bonds is 7. The standard InChI is InChI=1S/C17H26N2O4/c1-11(2)22-13-5-3-4-12(8-13)15(20)10-19-17(21)16-7-6-14(9-18)23-16/h3-5,8,11,14-16,20H,6-7,9-10,18H2,1-2H3,(H,19,21)/t14-,15?,16+/m1/s1. The molecular formula is C17H26N2O4. The molecule has 0 aliphatic carbocycles. The average Bonchev–Trinajstić information content (AvgIpc) is 3.01. The minimum atomic E-state index is -0.790. The van der Waals surface area contributed by atoms with Crippen LogP contribution in [-0.2, 0) is 9.53 Å². The van der Waals surface area contributed by atoms with Crippen LogP contribution in [0, 0.1) is 0 Å². The van der Waals surface area contributed by atoms with Crippen molar-refractivity contribution in [2.45, 2.75) is 51.1 Å². The largest absolute Gasteiger partial charge is 0.491 e. The van der Waals surface area contributed by atoms with Crippen molar-refractivity contribution in [2.75, 3.05) is 13.1 Å². The Bertz CT molecular complexity index is 521. The summed E-state index contributed by atoms with van der Waals surface area (Å²) in [6.07, 6.45) is 0.234. The Labute approximate surface area is 137 Å². The molecule has 0 saturated carbocycles. The molecule has 6 heteroatoms. The van der Waals surface area contributed by atoms with Crippen LogP contribution in [0.5, 0.6) is 5.75 Å². The quantitative estimate of drug-likeness (QED) is 0.700. The number of hydrogen-bond acceptors (Lipinski definition) is 5. The first-order chi connectivity index (χ1) is 11.0. The number of aliphatic hydroxyl groups excluding tert-OH is 1. The van der Waals surface area contributed by atoms with Gasteiger partial charge in [0, 0.05) is 13.1 Å². The summed E-state index contributed by atoms with van der Waals surface area (Å²) >= 11 is 0. The third kappa shape index (κ3) is 5.20. The summed E-state index contributed by atoms with van der Waals surface area (Å²) < 4.78 is 11.1. The molecule has 0 spiro atoms. The van der Waals surface area contributed by atoms with Gasteiger partial charge in [0.25, 0.3) is 0 Å². The number of nitrogens with two attached hydrogens (primary N) is 1. The number of nitrogens with one attached hydrogen (secondary N) is 1. The van der Waals surface area contributed by atoms with E-state index >= 15 is 0 Å². The van der Waals surface area contributed by atoms with Gasteiger partial charge in [-0.3, -0.25) is 4.79 Å². The van der Waals surface area contributed by atoms with E-state index in [0.29, 0.717) is 24.3 Å². The molecule has 1 aromatic carbocycles. The fourth-order valence-corrected chi connectivity index (χ4v) is 2.57. The predicted molar refractivity (Wildman–Crippen MR) is 87.1 cm³/mol. The first-order valence-corrected chi connectivity index (χ1v) is 8.07. The highest BCUT2D eigenvalue weighted by atomic mass is 16.5. The lowest BCUT2D eigenvalue weighted by molar-refractivity contribution is -0.132. The van der Waals surface area contributed by atoms with Crippen molar-refractivity contribution in [3.8, 4) is 5.75 Å². The average molecular weight is 322 g/mol. The molecule has 1 aromatic rings. The second kappa shape index (κ2) is 8.29. The zero-order chi connectivity index (χ0) is 16.8. The molecule has 3 atom stereocenters. The molecule has 4 N–H and O–H groups in total. The van der Waals surface area contributed by atoms with Crippen molar-refractivity contribution >= 4 is 5.91 Å². The van der Waals surface area contributed by atoms with Crippen LogP contribution in [0.3, 0.4) is 0 Å². The van der Waals surface area contributed by atoms with Gasteiger partial charge in [-0.15, -0.1) is 0 Å². The van der Waals surface area contributed by atoms with Gasteiger partial charge in [0.2, 0.25) is 5.91 Å².